The molecule has 0 radical (unpaired) electrons. The van der Waals surface area contributed by atoms with Gasteiger partial charge in [0, 0.05) is 36.7 Å². The molecule has 2 aromatic carbocycles. The fraction of sp³-hybridized carbons (Fsp3) is 0.227. The molecule has 0 bridgehead atoms. The molecule has 0 spiro atoms. The number of hydrogen-bond acceptors (Lipinski definition) is 4. The van der Waals surface area contributed by atoms with Crippen molar-refractivity contribution in [2.24, 2.45) is 0 Å². The molecular formula is C22H21ClFN3O2S. The van der Waals surface area contributed by atoms with Crippen LogP contribution in [0.1, 0.15) is 22.9 Å². The number of fused-ring (bicyclic) bond motifs is 1. The second kappa shape index (κ2) is 7.65. The van der Waals surface area contributed by atoms with Crippen LogP contribution in [0.25, 0.3) is 11.3 Å². The Labute approximate surface area is 180 Å². The number of anilines is 1. The number of aromatic nitrogens is 1. The summed E-state index contributed by atoms with van der Waals surface area (Å²) in [5, 5.41) is 3.68. The molecule has 4 rings (SSSR count). The van der Waals surface area contributed by atoms with Crippen molar-refractivity contribution in [3.63, 3.8) is 0 Å². The van der Waals surface area contributed by atoms with E-state index in [2.05, 4.69) is 5.32 Å². The van der Waals surface area contributed by atoms with Crippen molar-refractivity contribution in [1.29, 1.82) is 0 Å². The minimum Gasteiger partial charge on any atom is -0.376 e. The number of pyridine rings is 1. The van der Waals surface area contributed by atoms with E-state index in [-0.39, 0.29) is 16.8 Å². The van der Waals surface area contributed by atoms with E-state index < -0.39 is 10.0 Å². The Balaban J connectivity index is 1.66. The number of nitrogens with zero attached hydrogens (tertiary/aromatic N) is 2. The van der Waals surface area contributed by atoms with Gasteiger partial charge in [-0.1, -0.05) is 23.7 Å². The molecule has 1 aromatic heterocycles. The quantitative estimate of drug-likeness (QED) is 0.626. The van der Waals surface area contributed by atoms with Crippen LogP contribution in [0, 0.1) is 12.7 Å². The summed E-state index contributed by atoms with van der Waals surface area (Å²) in [6.45, 7) is 1.86. The number of sulfonamides is 1. The molecule has 1 aliphatic heterocycles. The number of halogens is 2. The first-order valence-electron chi connectivity index (χ1n) is 9.42. The van der Waals surface area contributed by atoms with Gasteiger partial charge in [0.25, 0.3) is 0 Å². The molecule has 8 heteroatoms. The van der Waals surface area contributed by atoms with Gasteiger partial charge in [0.15, 0.2) is 0 Å². The SMILES string of the molecule is Cc1cc(S(=O)(=O)N(C)C)ccc1-c1ccc2c(n1)CC(c1c(F)cccc1Cl)N2. The Kier molecular flexibility index (Phi) is 5.30. The van der Waals surface area contributed by atoms with Crippen LogP contribution in [0.4, 0.5) is 10.1 Å². The first-order valence-corrected chi connectivity index (χ1v) is 11.2. The van der Waals surface area contributed by atoms with E-state index in [1.54, 1.807) is 30.3 Å². The third-order valence-corrected chi connectivity index (χ3v) is 7.44. The molecule has 0 amide bonds. The van der Waals surface area contributed by atoms with Gasteiger partial charge in [-0.3, -0.25) is 4.98 Å². The second-order valence-electron chi connectivity index (χ2n) is 7.49. The zero-order valence-electron chi connectivity index (χ0n) is 16.8. The lowest BCUT2D eigenvalue weighted by Gasteiger charge is -2.14. The van der Waals surface area contributed by atoms with Gasteiger partial charge in [0.2, 0.25) is 10.0 Å². The van der Waals surface area contributed by atoms with E-state index in [1.165, 1.54) is 24.5 Å². The maximum Gasteiger partial charge on any atom is 0.242 e. The van der Waals surface area contributed by atoms with Gasteiger partial charge >= 0.3 is 0 Å². The lowest BCUT2D eigenvalue weighted by atomic mass is 10.0. The van der Waals surface area contributed by atoms with Crippen LogP contribution in [-0.2, 0) is 16.4 Å². The van der Waals surface area contributed by atoms with Crippen LogP contribution >= 0.6 is 11.6 Å². The zero-order valence-corrected chi connectivity index (χ0v) is 18.4. The highest BCUT2D eigenvalue weighted by atomic mass is 35.5. The Morgan fingerprint density at radius 3 is 2.60 bits per heavy atom. The minimum absolute atomic E-state index is 0.242. The van der Waals surface area contributed by atoms with Gasteiger partial charge in [-0.25, -0.2) is 17.1 Å². The predicted molar refractivity (Wildman–Crippen MR) is 117 cm³/mol. The number of hydrogen-bond donors (Lipinski definition) is 1. The average Bonchev–Trinajstić information content (AvgIpc) is 3.10. The first kappa shape index (κ1) is 20.8. The maximum atomic E-state index is 14.3. The Bertz CT molecular complexity index is 1220. The third-order valence-electron chi connectivity index (χ3n) is 5.30. The van der Waals surface area contributed by atoms with Crippen molar-refractivity contribution in [2.75, 3.05) is 19.4 Å². The van der Waals surface area contributed by atoms with Crippen molar-refractivity contribution >= 4 is 27.3 Å². The summed E-state index contributed by atoms with van der Waals surface area (Å²) in [5.41, 5.74) is 4.50. The Hall–Kier alpha value is -2.48. The van der Waals surface area contributed by atoms with E-state index in [4.69, 9.17) is 16.6 Å². The summed E-state index contributed by atoms with van der Waals surface area (Å²) >= 11 is 6.22. The number of aryl methyl sites for hydroxylation is 1. The van der Waals surface area contributed by atoms with Crippen LogP contribution in [0.5, 0.6) is 0 Å². The number of benzene rings is 2. The van der Waals surface area contributed by atoms with E-state index in [0.717, 1.165) is 28.2 Å². The maximum absolute atomic E-state index is 14.3. The molecule has 156 valence electrons. The number of nitrogens with one attached hydrogen (secondary N) is 1. The summed E-state index contributed by atoms with van der Waals surface area (Å²) in [7, 11) is -0.487. The molecule has 1 N–H and O–H groups in total. The van der Waals surface area contributed by atoms with Crippen LogP contribution in [-0.4, -0.2) is 31.8 Å². The molecule has 30 heavy (non-hydrogen) atoms. The topological polar surface area (TPSA) is 62.3 Å². The van der Waals surface area contributed by atoms with Crippen molar-refractivity contribution in [2.45, 2.75) is 24.3 Å². The highest BCUT2D eigenvalue weighted by Crippen LogP contribution is 2.38. The fourth-order valence-electron chi connectivity index (χ4n) is 3.68. The van der Waals surface area contributed by atoms with Crippen LogP contribution in [0.15, 0.2) is 53.4 Å². The van der Waals surface area contributed by atoms with E-state index in [1.807, 2.05) is 19.1 Å². The monoisotopic (exact) mass is 445 g/mol. The van der Waals surface area contributed by atoms with Crippen molar-refractivity contribution in [1.82, 2.24) is 9.29 Å². The smallest absolute Gasteiger partial charge is 0.242 e. The molecule has 0 saturated carbocycles. The average molecular weight is 446 g/mol. The van der Waals surface area contributed by atoms with Crippen molar-refractivity contribution in [3.05, 3.63) is 76.2 Å². The molecule has 0 fully saturated rings. The molecule has 0 saturated heterocycles. The Morgan fingerprint density at radius 1 is 1.17 bits per heavy atom. The van der Waals surface area contributed by atoms with Gasteiger partial charge in [-0.15, -0.1) is 0 Å². The summed E-state index contributed by atoms with van der Waals surface area (Å²) in [6.07, 6.45) is 0.510. The molecule has 5 nitrogen and oxygen atoms in total. The molecule has 1 atom stereocenters. The highest BCUT2D eigenvalue weighted by molar-refractivity contribution is 7.89. The predicted octanol–water partition coefficient (Wildman–Crippen LogP) is 4.81. The first-order chi connectivity index (χ1) is 14.2. The van der Waals surface area contributed by atoms with Gasteiger partial charge in [-0.05, 0) is 48.9 Å². The van der Waals surface area contributed by atoms with E-state index in [9.17, 15) is 12.8 Å². The molecular weight excluding hydrogens is 425 g/mol. The highest BCUT2D eigenvalue weighted by Gasteiger charge is 2.28. The van der Waals surface area contributed by atoms with Gasteiger partial charge in [-0.2, -0.15) is 0 Å². The second-order valence-corrected chi connectivity index (χ2v) is 10.1. The molecule has 2 heterocycles. The minimum atomic E-state index is -3.50. The van der Waals surface area contributed by atoms with Crippen molar-refractivity contribution in [3.8, 4) is 11.3 Å². The van der Waals surface area contributed by atoms with E-state index >= 15 is 0 Å². The fourth-order valence-corrected chi connectivity index (χ4v) is 4.97. The zero-order chi connectivity index (χ0) is 21.6. The summed E-state index contributed by atoms with van der Waals surface area (Å²) < 4.78 is 40.2. The molecule has 3 aromatic rings. The molecule has 0 aliphatic carbocycles. The van der Waals surface area contributed by atoms with Gasteiger partial charge in [0.1, 0.15) is 5.82 Å². The van der Waals surface area contributed by atoms with Crippen LogP contribution in [0.3, 0.4) is 0 Å². The van der Waals surface area contributed by atoms with Gasteiger partial charge < -0.3 is 5.32 Å². The van der Waals surface area contributed by atoms with E-state index in [0.29, 0.717) is 17.0 Å². The summed E-state index contributed by atoms with van der Waals surface area (Å²) in [6, 6.07) is 13.2. The molecule has 1 aliphatic rings. The van der Waals surface area contributed by atoms with Crippen LogP contribution < -0.4 is 5.32 Å². The third kappa shape index (κ3) is 3.57. The normalized spacial score (nSPS) is 15.9. The lowest BCUT2D eigenvalue weighted by molar-refractivity contribution is 0.520. The standard InChI is InChI=1S/C22H21ClFN3O2S/c1-13-11-14(30(28,29)27(2)3)7-8-15(13)18-9-10-19-20(25-18)12-21(26-19)22-16(23)5-4-6-17(22)24/h4-11,21,26H,12H2,1-3H3. The van der Waals surface area contributed by atoms with Crippen molar-refractivity contribution < 1.29 is 12.8 Å². The van der Waals surface area contributed by atoms with Gasteiger partial charge in [0.05, 0.1) is 28.0 Å². The number of rotatable bonds is 4. The van der Waals surface area contributed by atoms with Crippen LogP contribution in [0.2, 0.25) is 5.02 Å². The molecule has 1 unspecified atom stereocenters. The lowest BCUT2D eigenvalue weighted by Crippen LogP contribution is -2.22. The summed E-state index contributed by atoms with van der Waals surface area (Å²) in [4.78, 5) is 5.00. The summed E-state index contributed by atoms with van der Waals surface area (Å²) in [5.74, 6) is -0.346. The largest absolute Gasteiger partial charge is 0.376 e. The Morgan fingerprint density at radius 2 is 1.93 bits per heavy atom.